The van der Waals surface area contributed by atoms with Crippen LogP contribution in [0.15, 0.2) is 0 Å². The van der Waals surface area contributed by atoms with E-state index in [9.17, 15) is 4.79 Å². The minimum absolute atomic E-state index is 0.0849. The zero-order valence-electron chi connectivity index (χ0n) is 6.29. The van der Waals surface area contributed by atoms with Crippen molar-refractivity contribution in [3.63, 3.8) is 0 Å². The predicted octanol–water partition coefficient (Wildman–Crippen LogP) is 1.30. The fourth-order valence-corrected chi connectivity index (χ4v) is 1.77. The van der Waals surface area contributed by atoms with Crippen molar-refractivity contribution in [1.82, 2.24) is 0 Å². The lowest BCUT2D eigenvalue weighted by Crippen LogP contribution is -2.28. The van der Waals surface area contributed by atoms with E-state index in [-0.39, 0.29) is 11.8 Å². The highest BCUT2D eigenvalue weighted by atomic mass is 33.1. The molecule has 0 saturated heterocycles. The van der Waals surface area contributed by atoms with E-state index >= 15 is 0 Å². The van der Waals surface area contributed by atoms with Gasteiger partial charge in [0.15, 0.2) is 0 Å². The van der Waals surface area contributed by atoms with Gasteiger partial charge in [-0.25, -0.2) is 0 Å². The molecule has 0 rings (SSSR count). The summed E-state index contributed by atoms with van der Waals surface area (Å²) in [6, 6.07) is -0.250. The Kier molecular flexibility index (Phi) is 6.27. The lowest BCUT2D eigenvalue weighted by molar-refractivity contribution is -0.118. The summed E-state index contributed by atoms with van der Waals surface area (Å²) >= 11 is 0. The Hall–Kier alpha value is 0.330. The third kappa shape index (κ3) is 5.14. The van der Waals surface area contributed by atoms with E-state index < -0.39 is 0 Å². The summed E-state index contributed by atoms with van der Waals surface area (Å²) in [6.45, 7) is 1.54. The van der Waals surface area contributed by atoms with E-state index in [0.717, 1.165) is 12.2 Å². The number of hydrogen-bond acceptors (Lipinski definition) is 4. The first-order valence-corrected chi connectivity index (χ1v) is 5.83. The molecule has 0 aliphatic heterocycles. The van der Waals surface area contributed by atoms with Crippen LogP contribution < -0.4 is 5.73 Å². The molecule has 0 bridgehead atoms. The normalized spacial score (nSPS) is 13.1. The first kappa shape index (κ1) is 10.3. The molecule has 0 saturated carbocycles. The van der Waals surface area contributed by atoms with Crippen LogP contribution in [-0.4, -0.2) is 23.8 Å². The standard InChI is InChI=1S/C6H13NOS2/c1-5(8)6(7)3-4-10-9-2/h6H,3-4,7H2,1-2H3/t6-/m0/s1. The largest absolute Gasteiger partial charge is 0.321 e. The number of rotatable bonds is 5. The van der Waals surface area contributed by atoms with Crippen LogP contribution in [0.3, 0.4) is 0 Å². The lowest BCUT2D eigenvalue weighted by Gasteiger charge is -2.04. The maximum absolute atomic E-state index is 10.6. The van der Waals surface area contributed by atoms with Crippen LogP contribution in [0.1, 0.15) is 13.3 Å². The van der Waals surface area contributed by atoms with Gasteiger partial charge < -0.3 is 5.73 Å². The van der Waals surface area contributed by atoms with Gasteiger partial charge in [0, 0.05) is 5.75 Å². The number of Topliss-reactive ketones (excluding diaryl/α,β-unsaturated/α-hetero) is 1. The Labute approximate surface area is 69.7 Å². The van der Waals surface area contributed by atoms with Crippen molar-refractivity contribution in [2.24, 2.45) is 5.73 Å². The Morgan fingerprint density at radius 1 is 1.70 bits per heavy atom. The summed E-state index contributed by atoms with van der Waals surface area (Å²) in [5.74, 6) is 1.05. The number of hydrogen-bond donors (Lipinski definition) is 1. The van der Waals surface area contributed by atoms with E-state index in [4.69, 9.17) is 5.73 Å². The van der Waals surface area contributed by atoms with Crippen LogP contribution in [0.2, 0.25) is 0 Å². The Morgan fingerprint density at radius 3 is 2.70 bits per heavy atom. The van der Waals surface area contributed by atoms with E-state index in [0.29, 0.717) is 0 Å². The number of carbonyl (C=O) groups is 1. The second-order valence-electron chi connectivity index (χ2n) is 1.99. The van der Waals surface area contributed by atoms with Crippen molar-refractivity contribution >= 4 is 27.4 Å². The molecule has 2 N–H and O–H groups in total. The summed E-state index contributed by atoms with van der Waals surface area (Å²) in [5, 5.41) is 0. The highest BCUT2D eigenvalue weighted by molar-refractivity contribution is 8.76. The molecule has 0 radical (unpaired) electrons. The molecule has 60 valence electrons. The van der Waals surface area contributed by atoms with Crippen molar-refractivity contribution in [3.8, 4) is 0 Å². The van der Waals surface area contributed by atoms with Crippen LogP contribution in [-0.2, 0) is 4.79 Å². The molecule has 0 amide bonds. The number of ketones is 1. The monoisotopic (exact) mass is 179 g/mol. The van der Waals surface area contributed by atoms with E-state index in [1.807, 2.05) is 6.26 Å². The van der Waals surface area contributed by atoms with Gasteiger partial charge >= 0.3 is 0 Å². The van der Waals surface area contributed by atoms with E-state index in [1.165, 1.54) is 6.92 Å². The Bertz CT molecular complexity index is 108. The summed E-state index contributed by atoms with van der Waals surface area (Å²) in [6.07, 6.45) is 2.81. The summed E-state index contributed by atoms with van der Waals surface area (Å²) in [5.41, 5.74) is 5.49. The highest BCUT2D eigenvalue weighted by Gasteiger charge is 2.06. The fourth-order valence-electron chi connectivity index (χ4n) is 0.462. The topological polar surface area (TPSA) is 43.1 Å². The molecule has 0 aromatic carbocycles. The molecule has 1 atom stereocenters. The van der Waals surface area contributed by atoms with Crippen molar-refractivity contribution in [2.75, 3.05) is 12.0 Å². The average molecular weight is 179 g/mol. The highest BCUT2D eigenvalue weighted by Crippen LogP contribution is 2.17. The molecule has 0 aromatic heterocycles. The van der Waals surface area contributed by atoms with Crippen LogP contribution in [0, 0.1) is 0 Å². The van der Waals surface area contributed by atoms with Gasteiger partial charge in [0.05, 0.1) is 6.04 Å². The van der Waals surface area contributed by atoms with Crippen LogP contribution >= 0.6 is 21.6 Å². The molecule has 0 aliphatic carbocycles. The molecule has 0 aromatic rings. The first-order valence-electron chi connectivity index (χ1n) is 3.10. The molecule has 0 aliphatic rings. The minimum Gasteiger partial charge on any atom is -0.321 e. The second kappa shape index (κ2) is 6.07. The zero-order chi connectivity index (χ0) is 7.98. The summed E-state index contributed by atoms with van der Waals surface area (Å²) < 4.78 is 0. The van der Waals surface area contributed by atoms with Crippen molar-refractivity contribution < 1.29 is 4.79 Å². The summed E-state index contributed by atoms with van der Waals surface area (Å²) in [4.78, 5) is 10.6. The number of nitrogens with two attached hydrogens (primary N) is 1. The average Bonchev–Trinajstić information content (AvgIpc) is 1.88. The van der Waals surface area contributed by atoms with Crippen LogP contribution in [0.5, 0.6) is 0 Å². The van der Waals surface area contributed by atoms with Gasteiger partial charge in [-0.2, -0.15) is 0 Å². The molecule has 0 spiro atoms. The SMILES string of the molecule is CSSCC[C@H](N)C(C)=O. The van der Waals surface area contributed by atoms with Gasteiger partial charge in [-0.15, -0.1) is 0 Å². The van der Waals surface area contributed by atoms with Crippen LogP contribution in [0.25, 0.3) is 0 Å². The van der Waals surface area contributed by atoms with Gasteiger partial charge in [0.1, 0.15) is 5.78 Å². The van der Waals surface area contributed by atoms with Crippen molar-refractivity contribution in [2.45, 2.75) is 19.4 Å². The smallest absolute Gasteiger partial charge is 0.146 e. The summed E-state index contributed by atoms with van der Waals surface area (Å²) in [7, 11) is 3.44. The fraction of sp³-hybridized carbons (Fsp3) is 0.833. The number of carbonyl (C=O) groups excluding carboxylic acids is 1. The van der Waals surface area contributed by atoms with E-state index in [1.54, 1.807) is 21.6 Å². The maximum atomic E-state index is 10.6. The third-order valence-corrected chi connectivity index (χ3v) is 3.00. The lowest BCUT2D eigenvalue weighted by atomic mass is 10.2. The van der Waals surface area contributed by atoms with Gasteiger partial charge in [-0.05, 0) is 19.6 Å². The van der Waals surface area contributed by atoms with Crippen LogP contribution in [0.4, 0.5) is 0 Å². The van der Waals surface area contributed by atoms with E-state index in [2.05, 4.69) is 0 Å². The quantitative estimate of drug-likeness (QED) is 0.510. The molecule has 4 heteroatoms. The van der Waals surface area contributed by atoms with Gasteiger partial charge in [-0.1, -0.05) is 21.6 Å². The van der Waals surface area contributed by atoms with Crippen molar-refractivity contribution in [3.05, 3.63) is 0 Å². The van der Waals surface area contributed by atoms with Gasteiger partial charge in [-0.3, -0.25) is 4.79 Å². The van der Waals surface area contributed by atoms with Gasteiger partial charge in [0.25, 0.3) is 0 Å². The third-order valence-electron chi connectivity index (χ3n) is 1.15. The van der Waals surface area contributed by atoms with Crippen molar-refractivity contribution in [1.29, 1.82) is 0 Å². The molecule has 10 heavy (non-hydrogen) atoms. The minimum atomic E-state index is -0.250. The second-order valence-corrected chi connectivity index (χ2v) is 4.68. The molecular weight excluding hydrogens is 166 g/mol. The predicted molar refractivity (Wildman–Crippen MR) is 49.2 cm³/mol. The first-order chi connectivity index (χ1) is 4.68. The Morgan fingerprint density at radius 2 is 2.30 bits per heavy atom. The molecular formula is C6H13NOS2. The Balaban J connectivity index is 3.21. The maximum Gasteiger partial charge on any atom is 0.146 e. The van der Waals surface area contributed by atoms with Gasteiger partial charge in [0.2, 0.25) is 0 Å². The molecule has 0 unspecified atom stereocenters. The molecule has 0 heterocycles. The zero-order valence-corrected chi connectivity index (χ0v) is 7.93. The molecule has 2 nitrogen and oxygen atoms in total. The molecule has 0 fully saturated rings.